The zero-order chi connectivity index (χ0) is 20.5. The molecule has 2 aromatic carbocycles. The predicted octanol–water partition coefficient (Wildman–Crippen LogP) is 4.60. The number of hydrogen-bond acceptors (Lipinski definition) is 4. The number of hydrogen-bond donors (Lipinski definition) is 1. The molecule has 0 amide bonds. The van der Waals surface area contributed by atoms with Crippen LogP contribution in [0.4, 0.5) is 0 Å². The molecule has 30 heavy (non-hydrogen) atoms. The molecule has 0 radical (unpaired) electrons. The minimum Gasteiger partial charge on any atom is -0.472 e. The van der Waals surface area contributed by atoms with Crippen LogP contribution in [0.1, 0.15) is 29.0 Å². The minimum atomic E-state index is 0.484. The number of rotatable bonds is 5. The number of pyridine rings is 1. The fraction of sp³-hybridized carbons (Fsp3) is 0.280. The number of nitrogens with one attached hydrogen (secondary N) is 1. The molecule has 5 nitrogen and oxygen atoms in total. The zero-order valence-corrected chi connectivity index (χ0v) is 17.4. The largest absolute Gasteiger partial charge is 0.472 e. The Balaban J connectivity index is 1.33. The maximum absolute atomic E-state index is 6.11. The van der Waals surface area contributed by atoms with Crippen molar-refractivity contribution in [2.75, 3.05) is 13.1 Å². The van der Waals surface area contributed by atoms with Crippen molar-refractivity contribution in [3.8, 4) is 17.1 Å². The number of ether oxygens (including phenoxy) is 1. The van der Waals surface area contributed by atoms with Crippen LogP contribution in [0.15, 0.2) is 60.8 Å². The second kappa shape index (κ2) is 7.92. The molecule has 1 aliphatic rings. The van der Waals surface area contributed by atoms with Crippen molar-refractivity contribution in [2.24, 2.45) is 7.05 Å². The Morgan fingerprint density at radius 3 is 2.77 bits per heavy atom. The maximum Gasteiger partial charge on any atom is 0.236 e. The van der Waals surface area contributed by atoms with Crippen molar-refractivity contribution in [1.29, 1.82) is 0 Å². The monoisotopic (exact) mass is 398 g/mol. The van der Waals surface area contributed by atoms with Crippen LogP contribution < -0.4 is 10.1 Å². The summed E-state index contributed by atoms with van der Waals surface area (Å²) in [6, 6.07) is 18.9. The first-order valence-electron chi connectivity index (χ1n) is 10.5. The van der Waals surface area contributed by atoms with Gasteiger partial charge >= 0.3 is 0 Å². The van der Waals surface area contributed by atoms with Crippen molar-refractivity contribution in [3.05, 3.63) is 77.5 Å². The van der Waals surface area contributed by atoms with Crippen LogP contribution in [-0.2, 0) is 13.7 Å². The van der Waals surface area contributed by atoms with Gasteiger partial charge in [0, 0.05) is 42.2 Å². The normalized spacial score (nSPS) is 16.3. The molecule has 0 bridgehead atoms. The van der Waals surface area contributed by atoms with Crippen molar-refractivity contribution in [1.82, 2.24) is 20.1 Å². The van der Waals surface area contributed by atoms with Gasteiger partial charge in [0.25, 0.3) is 0 Å². The molecule has 5 heteroatoms. The van der Waals surface area contributed by atoms with Gasteiger partial charge in [-0.05, 0) is 43.1 Å². The number of nitrogens with zero attached hydrogens (tertiary/aromatic N) is 3. The standard InChI is InChI=1S/C25H26N4O/c1-17-13-20-5-3-4-6-23(20)27-24(17)19-9-7-18(8-10-19)16-30-25-22(15-29(2)28-25)21-11-12-26-14-21/h3-10,13,15,21,26H,11-12,14,16H2,1-2H3. The fourth-order valence-corrected chi connectivity index (χ4v) is 4.22. The Morgan fingerprint density at radius 1 is 1.13 bits per heavy atom. The molecule has 1 atom stereocenters. The lowest BCUT2D eigenvalue weighted by Gasteiger charge is -2.11. The molecule has 1 unspecified atom stereocenters. The van der Waals surface area contributed by atoms with E-state index in [2.05, 4.69) is 66.0 Å². The van der Waals surface area contributed by atoms with Crippen LogP contribution in [0.2, 0.25) is 0 Å². The Labute approximate surface area is 176 Å². The minimum absolute atomic E-state index is 0.484. The highest BCUT2D eigenvalue weighted by atomic mass is 16.5. The third kappa shape index (κ3) is 3.68. The van der Waals surface area contributed by atoms with Gasteiger partial charge in [0.15, 0.2) is 0 Å². The van der Waals surface area contributed by atoms with Gasteiger partial charge in [-0.1, -0.05) is 42.5 Å². The summed E-state index contributed by atoms with van der Waals surface area (Å²) in [5, 5.41) is 9.13. The van der Waals surface area contributed by atoms with Crippen LogP contribution >= 0.6 is 0 Å². The van der Waals surface area contributed by atoms with E-state index in [1.807, 2.05) is 23.9 Å². The van der Waals surface area contributed by atoms with E-state index in [9.17, 15) is 0 Å². The molecule has 1 fully saturated rings. The molecule has 3 heterocycles. The van der Waals surface area contributed by atoms with Crippen molar-refractivity contribution >= 4 is 10.9 Å². The molecule has 5 rings (SSSR count). The second-order valence-corrected chi connectivity index (χ2v) is 8.09. The van der Waals surface area contributed by atoms with E-state index in [4.69, 9.17) is 9.72 Å². The van der Waals surface area contributed by atoms with E-state index in [-0.39, 0.29) is 0 Å². The third-order valence-corrected chi connectivity index (χ3v) is 5.84. The Kier molecular flexibility index (Phi) is 4.97. The second-order valence-electron chi connectivity index (χ2n) is 8.09. The molecular formula is C25H26N4O. The molecular weight excluding hydrogens is 372 g/mol. The van der Waals surface area contributed by atoms with Gasteiger partial charge in [-0.15, -0.1) is 5.10 Å². The number of fused-ring (bicyclic) bond motifs is 1. The lowest BCUT2D eigenvalue weighted by atomic mass is 10.0. The summed E-state index contributed by atoms with van der Waals surface area (Å²) in [5.74, 6) is 1.24. The first kappa shape index (κ1) is 18.8. The van der Waals surface area contributed by atoms with Crippen LogP contribution in [-0.4, -0.2) is 27.9 Å². The summed E-state index contributed by atoms with van der Waals surface area (Å²) < 4.78 is 7.96. The number of benzene rings is 2. The molecule has 0 aliphatic carbocycles. The summed E-state index contributed by atoms with van der Waals surface area (Å²) in [6.45, 7) is 4.68. The topological polar surface area (TPSA) is 52.0 Å². The quantitative estimate of drug-likeness (QED) is 0.534. The van der Waals surface area contributed by atoms with Crippen molar-refractivity contribution < 1.29 is 4.74 Å². The van der Waals surface area contributed by atoms with E-state index in [1.165, 1.54) is 16.5 Å². The molecule has 0 saturated carbocycles. The molecule has 4 aromatic rings. The molecule has 1 aliphatic heterocycles. The van der Waals surface area contributed by atoms with E-state index in [0.29, 0.717) is 12.5 Å². The average molecular weight is 399 g/mol. The number of aryl methyl sites for hydroxylation is 2. The lowest BCUT2D eigenvalue weighted by Crippen LogP contribution is -2.08. The summed E-state index contributed by atoms with van der Waals surface area (Å²) in [5.41, 5.74) is 6.68. The Morgan fingerprint density at radius 2 is 1.97 bits per heavy atom. The highest BCUT2D eigenvalue weighted by Crippen LogP contribution is 2.30. The summed E-state index contributed by atoms with van der Waals surface area (Å²) >= 11 is 0. The van der Waals surface area contributed by atoms with Gasteiger partial charge in [-0.2, -0.15) is 0 Å². The molecule has 1 saturated heterocycles. The molecule has 1 N–H and O–H groups in total. The summed E-state index contributed by atoms with van der Waals surface area (Å²) in [7, 11) is 1.95. The van der Waals surface area contributed by atoms with Crippen molar-refractivity contribution in [3.63, 3.8) is 0 Å². The molecule has 2 aromatic heterocycles. The van der Waals surface area contributed by atoms with E-state index < -0.39 is 0 Å². The summed E-state index contributed by atoms with van der Waals surface area (Å²) in [4.78, 5) is 4.88. The molecule has 152 valence electrons. The SMILES string of the molecule is Cc1cc2ccccc2nc1-c1ccc(COc2nn(C)cc2C2CCNC2)cc1. The van der Waals surface area contributed by atoms with Crippen LogP contribution in [0.5, 0.6) is 5.88 Å². The zero-order valence-electron chi connectivity index (χ0n) is 17.4. The smallest absolute Gasteiger partial charge is 0.236 e. The predicted molar refractivity (Wildman–Crippen MR) is 120 cm³/mol. The van der Waals surface area contributed by atoms with E-state index >= 15 is 0 Å². The van der Waals surface area contributed by atoms with Gasteiger partial charge in [0.1, 0.15) is 6.61 Å². The van der Waals surface area contributed by atoms with Crippen LogP contribution in [0.3, 0.4) is 0 Å². The highest BCUT2D eigenvalue weighted by molar-refractivity contribution is 5.83. The van der Waals surface area contributed by atoms with Crippen molar-refractivity contribution in [2.45, 2.75) is 25.9 Å². The average Bonchev–Trinajstić information content (AvgIpc) is 3.41. The van der Waals surface area contributed by atoms with Gasteiger partial charge in [-0.25, -0.2) is 4.98 Å². The lowest BCUT2D eigenvalue weighted by molar-refractivity contribution is 0.286. The van der Waals surface area contributed by atoms with E-state index in [0.717, 1.165) is 47.7 Å². The third-order valence-electron chi connectivity index (χ3n) is 5.84. The number of para-hydroxylation sites is 1. The van der Waals surface area contributed by atoms with Gasteiger partial charge in [0.05, 0.1) is 11.2 Å². The number of aromatic nitrogens is 3. The fourth-order valence-electron chi connectivity index (χ4n) is 4.22. The first-order valence-corrected chi connectivity index (χ1v) is 10.5. The highest BCUT2D eigenvalue weighted by Gasteiger charge is 2.23. The maximum atomic E-state index is 6.11. The Bertz CT molecular complexity index is 1170. The van der Waals surface area contributed by atoms with Gasteiger partial charge in [0.2, 0.25) is 5.88 Å². The van der Waals surface area contributed by atoms with Crippen LogP contribution in [0.25, 0.3) is 22.2 Å². The Hall–Kier alpha value is -3.18. The van der Waals surface area contributed by atoms with Gasteiger partial charge in [-0.3, -0.25) is 4.68 Å². The van der Waals surface area contributed by atoms with E-state index in [1.54, 1.807) is 0 Å². The van der Waals surface area contributed by atoms with Crippen LogP contribution in [0, 0.1) is 6.92 Å². The first-order chi connectivity index (χ1) is 14.7. The summed E-state index contributed by atoms with van der Waals surface area (Å²) in [6.07, 6.45) is 3.22. The molecule has 0 spiro atoms. The van der Waals surface area contributed by atoms with Gasteiger partial charge < -0.3 is 10.1 Å².